The zero-order chi connectivity index (χ0) is 13.5. The number of halogens is 1. The molecular formula is C15H11ClO3. The molecule has 4 heteroatoms. The van der Waals surface area contributed by atoms with E-state index in [1.165, 1.54) is 0 Å². The summed E-state index contributed by atoms with van der Waals surface area (Å²) < 4.78 is 5.41. The highest BCUT2D eigenvalue weighted by Crippen LogP contribution is 2.35. The Morgan fingerprint density at radius 1 is 1.11 bits per heavy atom. The molecule has 0 saturated heterocycles. The minimum absolute atomic E-state index is 0.0949. The molecule has 0 amide bonds. The SMILES string of the molecule is O=C1c2ccccc2OC1(O)Cc1ccc(Cl)cc1. The van der Waals surface area contributed by atoms with Gasteiger partial charge in [-0.1, -0.05) is 35.9 Å². The highest BCUT2D eigenvalue weighted by Gasteiger charge is 2.46. The van der Waals surface area contributed by atoms with Gasteiger partial charge < -0.3 is 9.84 Å². The highest BCUT2D eigenvalue weighted by atomic mass is 35.5. The molecule has 0 aromatic heterocycles. The minimum atomic E-state index is -1.82. The third-order valence-electron chi connectivity index (χ3n) is 3.12. The van der Waals surface area contributed by atoms with E-state index in [9.17, 15) is 9.90 Å². The molecule has 0 spiro atoms. The van der Waals surface area contributed by atoms with E-state index in [0.29, 0.717) is 16.3 Å². The van der Waals surface area contributed by atoms with Crippen molar-refractivity contribution in [1.29, 1.82) is 0 Å². The van der Waals surface area contributed by atoms with Crippen molar-refractivity contribution in [2.45, 2.75) is 12.2 Å². The highest BCUT2D eigenvalue weighted by molar-refractivity contribution is 6.30. The Hall–Kier alpha value is -1.84. The van der Waals surface area contributed by atoms with Crippen LogP contribution in [0.4, 0.5) is 0 Å². The summed E-state index contributed by atoms with van der Waals surface area (Å²) in [5.74, 6) is -1.81. The Kier molecular flexibility index (Phi) is 2.81. The molecule has 96 valence electrons. The lowest BCUT2D eigenvalue weighted by Gasteiger charge is -2.20. The third kappa shape index (κ3) is 2.11. The first-order valence-electron chi connectivity index (χ1n) is 5.88. The van der Waals surface area contributed by atoms with Gasteiger partial charge in [0.25, 0.3) is 5.79 Å². The van der Waals surface area contributed by atoms with Gasteiger partial charge in [-0.2, -0.15) is 0 Å². The Bertz CT molecular complexity index is 636. The predicted octanol–water partition coefficient (Wildman–Crippen LogP) is 2.85. The van der Waals surface area contributed by atoms with Gasteiger partial charge in [-0.25, -0.2) is 0 Å². The maximum absolute atomic E-state index is 12.2. The van der Waals surface area contributed by atoms with Crippen LogP contribution in [-0.4, -0.2) is 16.7 Å². The van der Waals surface area contributed by atoms with Gasteiger partial charge in [0.05, 0.1) is 5.56 Å². The molecule has 3 rings (SSSR count). The maximum atomic E-state index is 12.2. The Labute approximate surface area is 115 Å². The number of Topliss-reactive ketones (excluding diaryl/α,β-unsaturated/α-hetero) is 1. The first kappa shape index (κ1) is 12.2. The van der Waals surface area contributed by atoms with Gasteiger partial charge in [-0.05, 0) is 29.8 Å². The largest absolute Gasteiger partial charge is 0.453 e. The normalized spacial score (nSPS) is 21.1. The topological polar surface area (TPSA) is 46.5 Å². The van der Waals surface area contributed by atoms with Crippen LogP contribution in [0.2, 0.25) is 5.02 Å². The van der Waals surface area contributed by atoms with Gasteiger partial charge in [0.1, 0.15) is 5.75 Å². The van der Waals surface area contributed by atoms with Crippen LogP contribution in [0.1, 0.15) is 15.9 Å². The second kappa shape index (κ2) is 4.37. The molecule has 3 nitrogen and oxygen atoms in total. The molecule has 1 unspecified atom stereocenters. The number of rotatable bonds is 2. The molecule has 1 aliphatic heterocycles. The summed E-state index contributed by atoms with van der Waals surface area (Å²) in [5.41, 5.74) is 1.20. The number of carbonyl (C=O) groups excluding carboxylic acids is 1. The van der Waals surface area contributed by atoms with E-state index in [4.69, 9.17) is 16.3 Å². The van der Waals surface area contributed by atoms with Crippen molar-refractivity contribution < 1.29 is 14.6 Å². The molecule has 0 fully saturated rings. The molecule has 1 heterocycles. The van der Waals surface area contributed by atoms with Crippen LogP contribution in [-0.2, 0) is 6.42 Å². The molecule has 1 N–H and O–H groups in total. The first-order chi connectivity index (χ1) is 9.08. The minimum Gasteiger partial charge on any atom is -0.453 e. The first-order valence-corrected chi connectivity index (χ1v) is 6.26. The molecule has 1 atom stereocenters. The summed E-state index contributed by atoms with van der Waals surface area (Å²) in [6, 6.07) is 13.8. The van der Waals surface area contributed by atoms with Gasteiger partial charge in [-0.3, -0.25) is 4.79 Å². The van der Waals surface area contributed by atoms with Crippen LogP contribution in [0.15, 0.2) is 48.5 Å². The number of ether oxygens (including phenoxy) is 1. The Morgan fingerprint density at radius 3 is 2.47 bits per heavy atom. The molecule has 0 saturated carbocycles. The second-order valence-corrected chi connectivity index (χ2v) is 4.95. The van der Waals surface area contributed by atoms with Crippen molar-refractivity contribution in [2.24, 2.45) is 0 Å². The van der Waals surface area contributed by atoms with E-state index in [-0.39, 0.29) is 6.42 Å². The number of carbonyl (C=O) groups is 1. The van der Waals surface area contributed by atoms with E-state index < -0.39 is 11.6 Å². The summed E-state index contributed by atoms with van der Waals surface area (Å²) in [6.07, 6.45) is 0.0949. The molecule has 19 heavy (non-hydrogen) atoms. The Balaban J connectivity index is 1.90. The van der Waals surface area contributed by atoms with E-state index in [2.05, 4.69) is 0 Å². The fourth-order valence-electron chi connectivity index (χ4n) is 2.18. The van der Waals surface area contributed by atoms with Gasteiger partial charge in [0.15, 0.2) is 0 Å². The zero-order valence-corrected chi connectivity index (χ0v) is 10.7. The average molecular weight is 275 g/mol. The van der Waals surface area contributed by atoms with Crippen molar-refractivity contribution in [3.05, 3.63) is 64.7 Å². The lowest BCUT2D eigenvalue weighted by molar-refractivity contribution is -0.0888. The fraction of sp³-hybridized carbons (Fsp3) is 0.133. The van der Waals surface area contributed by atoms with E-state index in [1.807, 2.05) is 0 Å². The summed E-state index contributed by atoms with van der Waals surface area (Å²) in [6.45, 7) is 0. The summed E-state index contributed by atoms with van der Waals surface area (Å²) in [7, 11) is 0. The van der Waals surface area contributed by atoms with E-state index in [0.717, 1.165) is 5.56 Å². The summed E-state index contributed by atoms with van der Waals surface area (Å²) >= 11 is 5.80. The van der Waals surface area contributed by atoms with Gasteiger partial charge in [-0.15, -0.1) is 0 Å². The maximum Gasteiger partial charge on any atom is 0.276 e. The van der Waals surface area contributed by atoms with Crippen LogP contribution in [0, 0.1) is 0 Å². The van der Waals surface area contributed by atoms with Crippen molar-refractivity contribution in [3.8, 4) is 5.75 Å². The summed E-state index contributed by atoms with van der Waals surface area (Å²) in [5, 5.41) is 11.0. The average Bonchev–Trinajstić information content (AvgIpc) is 2.65. The van der Waals surface area contributed by atoms with Gasteiger partial charge in [0, 0.05) is 11.4 Å². The molecule has 0 bridgehead atoms. The van der Waals surface area contributed by atoms with E-state index >= 15 is 0 Å². The van der Waals surface area contributed by atoms with Crippen LogP contribution in [0.25, 0.3) is 0 Å². The number of benzene rings is 2. The third-order valence-corrected chi connectivity index (χ3v) is 3.37. The number of fused-ring (bicyclic) bond motifs is 1. The lowest BCUT2D eigenvalue weighted by atomic mass is 9.99. The number of ketones is 1. The fourth-order valence-corrected chi connectivity index (χ4v) is 2.30. The molecule has 0 aliphatic carbocycles. The zero-order valence-electron chi connectivity index (χ0n) is 9.97. The molecule has 2 aromatic carbocycles. The quantitative estimate of drug-likeness (QED) is 0.916. The van der Waals surface area contributed by atoms with Gasteiger partial charge in [0.2, 0.25) is 5.78 Å². The van der Waals surface area contributed by atoms with Crippen molar-refractivity contribution in [3.63, 3.8) is 0 Å². The van der Waals surface area contributed by atoms with E-state index in [1.54, 1.807) is 48.5 Å². The monoisotopic (exact) mass is 274 g/mol. The number of para-hydroxylation sites is 1. The van der Waals surface area contributed by atoms with Crippen LogP contribution in [0.3, 0.4) is 0 Å². The summed E-state index contributed by atoms with van der Waals surface area (Å²) in [4.78, 5) is 12.2. The van der Waals surface area contributed by atoms with Crippen LogP contribution in [0.5, 0.6) is 5.75 Å². The molecule has 1 aliphatic rings. The number of hydrogen-bond donors (Lipinski definition) is 1. The smallest absolute Gasteiger partial charge is 0.276 e. The van der Waals surface area contributed by atoms with Crippen LogP contribution < -0.4 is 4.74 Å². The number of aliphatic hydroxyl groups is 1. The standard InChI is InChI=1S/C15H11ClO3/c16-11-7-5-10(6-8-11)9-15(18)14(17)12-3-1-2-4-13(12)19-15/h1-8,18H,9H2. The van der Waals surface area contributed by atoms with Crippen molar-refractivity contribution >= 4 is 17.4 Å². The molecule has 2 aromatic rings. The van der Waals surface area contributed by atoms with Gasteiger partial charge >= 0.3 is 0 Å². The molecule has 0 radical (unpaired) electrons. The van der Waals surface area contributed by atoms with Crippen molar-refractivity contribution in [2.75, 3.05) is 0 Å². The van der Waals surface area contributed by atoms with Crippen molar-refractivity contribution in [1.82, 2.24) is 0 Å². The second-order valence-electron chi connectivity index (χ2n) is 4.51. The van der Waals surface area contributed by atoms with Crippen LogP contribution >= 0.6 is 11.6 Å². The Morgan fingerprint density at radius 2 is 1.79 bits per heavy atom. The lowest BCUT2D eigenvalue weighted by Crippen LogP contribution is -2.42. The number of hydrogen-bond acceptors (Lipinski definition) is 3. The predicted molar refractivity (Wildman–Crippen MR) is 71.5 cm³/mol. The molecular weight excluding hydrogens is 264 g/mol.